The zero-order chi connectivity index (χ0) is 15.2. The van der Waals surface area contributed by atoms with E-state index < -0.39 is 0 Å². The van der Waals surface area contributed by atoms with Gasteiger partial charge in [-0.25, -0.2) is 0 Å². The highest BCUT2D eigenvalue weighted by Gasteiger charge is 2.25. The summed E-state index contributed by atoms with van der Waals surface area (Å²) in [5.74, 6) is 0.764. The van der Waals surface area contributed by atoms with E-state index >= 15 is 0 Å². The molecule has 3 N–H and O–H groups in total. The number of ether oxygens (including phenoxy) is 2. The number of morpholine rings is 1. The molecule has 0 saturated carbocycles. The highest BCUT2D eigenvalue weighted by atomic mass is 32.1. The van der Waals surface area contributed by atoms with Crippen LogP contribution in [0.25, 0.3) is 0 Å². The highest BCUT2D eigenvalue weighted by molar-refractivity contribution is 7.80. The summed E-state index contributed by atoms with van der Waals surface area (Å²) in [5.41, 5.74) is 6.42. The summed E-state index contributed by atoms with van der Waals surface area (Å²) < 4.78 is 11.3. The van der Waals surface area contributed by atoms with Gasteiger partial charge in [0, 0.05) is 24.7 Å². The summed E-state index contributed by atoms with van der Waals surface area (Å²) in [5, 5.41) is 9.17. The van der Waals surface area contributed by atoms with Crippen molar-refractivity contribution in [3.63, 3.8) is 0 Å². The Morgan fingerprint density at radius 1 is 1.57 bits per heavy atom. The van der Waals surface area contributed by atoms with Crippen molar-refractivity contribution in [1.29, 1.82) is 0 Å². The fraction of sp³-hybridized carbons (Fsp3) is 0.533. The maximum absolute atomic E-state index is 9.17. The number of thiocarbonyl (C=S) groups is 1. The summed E-state index contributed by atoms with van der Waals surface area (Å²) in [6, 6.07) is 7.82. The van der Waals surface area contributed by atoms with Crippen molar-refractivity contribution in [3.05, 3.63) is 29.8 Å². The quantitative estimate of drug-likeness (QED) is 0.757. The molecule has 0 aliphatic carbocycles. The van der Waals surface area contributed by atoms with Crippen LogP contribution >= 0.6 is 12.2 Å². The van der Waals surface area contributed by atoms with Gasteiger partial charge in [-0.2, -0.15) is 0 Å². The lowest BCUT2D eigenvalue weighted by molar-refractivity contribution is -0.0798. The summed E-state index contributed by atoms with van der Waals surface area (Å²) in [4.78, 5) is 2.63. The number of nitrogens with two attached hydrogens (primary N) is 1. The molecular weight excluding hydrogens is 288 g/mol. The molecule has 0 aromatic heterocycles. The SMILES string of the molecule is CC1COC(CO)CN1CCOc1cccc(C(N)=S)c1. The van der Waals surface area contributed by atoms with E-state index in [1.54, 1.807) is 0 Å². The van der Waals surface area contributed by atoms with E-state index in [-0.39, 0.29) is 12.7 Å². The monoisotopic (exact) mass is 310 g/mol. The molecule has 1 saturated heterocycles. The van der Waals surface area contributed by atoms with E-state index in [2.05, 4.69) is 11.8 Å². The molecule has 0 bridgehead atoms. The number of aliphatic hydroxyl groups is 1. The molecular formula is C15H22N2O3S. The summed E-state index contributed by atoms with van der Waals surface area (Å²) in [6.07, 6.45) is -0.0980. The first-order chi connectivity index (χ1) is 10.1. The zero-order valence-electron chi connectivity index (χ0n) is 12.2. The van der Waals surface area contributed by atoms with Crippen LogP contribution in [0.2, 0.25) is 0 Å². The van der Waals surface area contributed by atoms with Gasteiger partial charge in [0.15, 0.2) is 0 Å². The first-order valence-electron chi connectivity index (χ1n) is 7.09. The van der Waals surface area contributed by atoms with Gasteiger partial charge in [0.25, 0.3) is 0 Å². The topological polar surface area (TPSA) is 68.0 Å². The second-order valence-electron chi connectivity index (χ2n) is 5.22. The maximum Gasteiger partial charge on any atom is 0.120 e. The van der Waals surface area contributed by atoms with Gasteiger partial charge in [0.1, 0.15) is 17.3 Å². The van der Waals surface area contributed by atoms with Crippen molar-refractivity contribution in [2.24, 2.45) is 5.73 Å². The number of nitrogens with zero attached hydrogens (tertiary/aromatic N) is 1. The van der Waals surface area contributed by atoms with Crippen LogP contribution in [0.5, 0.6) is 5.75 Å². The normalized spacial score (nSPS) is 23.0. The minimum atomic E-state index is -0.0980. The third kappa shape index (κ3) is 4.64. The van der Waals surface area contributed by atoms with E-state index in [0.717, 1.165) is 24.4 Å². The van der Waals surface area contributed by atoms with Crippen LogP contribution in [0, 0.1) is 0 Å². The van der Waals surface area contributed by atoms with Crippen LogP contribution < -0.4 is 10.5 Å². The fourth-order valence-corrected chi connectivity index (χ4v) is 2.44. The van der Waals surface area contributed by atoms with Crippen LogP contribution in [0.4, 0.5) is 0 Å². The summed E-state index contributed by atoms with van der Waals surface area (Å²) >= 11 is 4.95. The molecule has 0 amide bonds. The van der Waals surface area contributed by atoms with Crippen LogP contribution in [0.1, 0.15) is 12.5 Å². The first-order valence-corrected chi connectivity index (χ1v) is 7.50. The average Bonchev–Trinajstić information content (AvgIpc) is 2.49. The lowest BCUT2D eigenvalue weighted by atomic mass is 10.2. The summed E-state index contributed by atoms with van der Waals surface area (Å²) in [6.45, 7) is 4.90. The van der Waals surface area contributed by atoms with Gasteiger partial charge in [-0.1, -0.05) is 24.4 Å². The van der Waals surface area contributed by atoms with Crippen molar-refractivity contribution < 1.29 is 14.6 Å². The Bertz CT molecular complexity index is 484. The zero-order valence-corrected chi connectivity index (χ0v) is 13.0. The third-order valence-electron chi connectivity index (χ3n) is 3.60. The maximum atomic E-state index is 9.17. The molecule has 1 aliphatic heterocycles. The molecule has 1 aliphatic rings. The summed E-state index contributed by atoms with van der Waals surface area (Å²) in [7, 11) is 0. The molecule has 1 aromatic carbocycles. The Balaban J connectivity index is 1.83. The van der Waals surface area contributed by atoms with E-state index in [9.17, 15) is 5.11 Å². The molecule has 21 heavy (non-hydrogen) atoms. The molecule has 5 nitrogen and oxygen atoms in total. The Kier molecular flexibility index (Phi) is 5.93. The lowest BCUT2D eigenvalue weighted by Crippen LogP contribution is -2.50. The van der Waals surface area contributed by atoms with Crippen molar-refractivity contribution in [3.8, 4) is 5.75 Å². The second-order valence-corrected chi connectivity index (χ2v) is 5.66. The second kappa shape index (κ2) is 7.70. The van der Waals surface area contributed by atoms with Gasteiger partial charge in [-0.15, -0.1) is 0 Å². The van der Waals surface area contributed by atoms with E-state index in [4.69, 9.17) is 27.4 Å². The third-order valence-corrected chi connectivity index (χ3v) is 3.84. The highest BCUT2D eigenvalue weighted by Crippen LogP contribution is 2.15. The molecule has 1 aromatic rings. The minimum Gasteiger partial charge on any atom is -0.492 e. The first kappa shape index (κ1) is 16.2. The minimum absolute atomic E-state index is 0.0556. The standard InChI is InChI=1S/C15H22N2O3S/c1-11-10-20-14(9-18)8-17(11)5-6-19-13-4-2-3-12(7-13)15(16)21/h2-4,7,11,14,18H,5-6,8-10H2,1H3,(H2,16,21). The number of aliphatic hydroxyl groups excluding tert-OH is 1. The Labute approximate surface area is 130 Å². The fourth-order valence-electron chi connectivity index (χ4n) is 2.32. The van der Waals surface area contributed by atoms with Crippen LogP contribution in [0.15, 0.2) is 24.3 Å². The lowest BCUT2D eigenvalue weighted by Gasteiger charge is -2.37. The van der Waals surface area contributed by atoms with Gasteiger partial charge in [0.05, 0.1) is 19.3 Å². The van der Waals surface area contributed by atoms with Crippen molar-refractivity contribution in [2.75, 3.05) is 32.9 Å². The molecule has 2 atom stereocenters. The Hall–Kier alpha value is -1.21. The Morgan fingerprint density at radius 3 is 3.10 bits per heavy atom. The Morgan fingerprint density at radius 2 is 2.38 bits per heavy atom. The van der Waals surface area contributed by atoms with Gasteiger partial charge in [-0.05, 0) is 19.1 Å². The molecule has 116 valence electrons. The van der Waals surface area contributed by atoms with Crippen LogP contribution in [0.3, 0.4) is 0 Å². The van der Waals surface area contributed by atoms with Crippen molar-refractivity contribution >= 4 is 17.2 Å². The molecule has 1 fully saturated rings. The predicted molar refractivity (Wildman–Crippen MR) is 85.7 cm³/mol. The van der Waals surface area contributed by atoms with Gasteiger partial charge in [-0.3, -0.25) is 4.90 Å². The van der Waals surface area contributed by atoms with Crippen LogP contribution in [-0.4, -0.2) is 60.1 Å². The van der Waals surface area contributed by atoms with Crippen molar-refractivity contribution in [1.82, 2.24) is 4.90 Å². The number of hydrogen-bond acceptors (Lipinski definition) is 5. The molecule has 1 heterocycles. The predicted octanol–water partition coefficient (Wildman–Crippen LogP) is 0.781. The van der Waals surface area contributed by atoms with E-state index in [0.29, 0.717) is 24.2 Å². The molecule has 0 radical (unpaired) electrons. The average molecular weight is 310 g/mol. The molecule has 2 unspecified atom stereocenters. The van der Waals surface area contributed by atoms with Gasteiger partial charge < -0.3 is 20.3 Å². The molecule has 6 heteroatoms. The van der Waals surface area contributed by atoms with Crippen molar-refractivity contribution in [2.45, 2.75) is 19.1 Å². The molecule has 0 spiro atoms. The number of rotatable bonds is 6. The molecule has 2 rings (SSSR count). The number of hydrogen-bond donors (Lipinski definition) is 2. The van der Waals surface area contributed by atoms with E-state index in [1.807, 2.05) is 24.3 Å². The van der Waals surface area contributed by atoms with Gasteiger partial charge in [0.2, 0.25) is 0 Å². The van der Waals surface area contributed by atoms with Gasteiger partial charge >= 0.3 is 0 Å². The largest absolute Gasteiger partial charge is 0.492 e. The van der Waals surface area contributed by atoms with Crippen LogP contribution in [-0.2, 0) is 4.74 Å². The number of benzene rings is 1. The van der Waals surface area contributed by atoms with E-state index in [1.165, 1.54) is 0 Å². The smallest absolute Gasteiger partial charge is 0.120 e.